The van der Waals surface area contributed by atoms with Crippen LogP contribution in [0.4, 0.5) is 10.1 Å². The molecule has 0 saturated heterocycles. The van der Waals surface area contributed by atoms with E-state index < -0.39 is 17.3 Å². The fourth-order valence-corrected chi connectivity index (χ4v) is 4.06. The van der Waals surface area contributed by atoms with Crippen molar-refractivity contribution in [2.45, 2.75) is 57.6 Å². The lowest BCUT2D eigenvalue weighted by atomic mass is 9.90. The Morgan fingerprint density at radius 3 is 2.54 bits per heavy atom. The number of aliphatic hydroxyl groups is 2. The molecule has 1 heterocycles. The van der Waals surface area contributed by atoms with Crippen molar-refractivity contribution in [3.63, 3.8) is 0 Å². The molecule has 0 radical (unpaired) electrons. The van der Waals surface area contributed by atoms with E-state index in [0.717, 1.165) is 11.3 Å². The molecule has 9 heteroatoms. The van der Waals surface area contributed by atoms with Gasteiger partial charge in [0.2, 0.25) is 5.91 Å². The summed E-state index contributed by atoms with van der Waals surface area (Å²) < 4.78 is 16.7. The molecule has 2 aromatic carbocycles. The van der Waals surface area contributed by atoms with Crippen molar-refractivity contribution >= 4 is 22.5 Å². The number of nitrogens with zero attached hydrogens (tertiary/aromatic N) is 1. The number of carbonyl (C=O) groups excluding carboxylic acids is 1. The van der Waals surface area contributed by atoms with Crippen LogP contribution in [-0.4, -0.2) is 50.2 Å². The second-order valence-corrected chi connectivity index (χ2v) is 9.54. The lowest BCUT2D eigenvalue weighted by Gasteiger charge is -2.25. The quantitative estimate of drug-likeness (QED) is 0.181. The zero-order valence-corrected chi connectivity index (χ0v) is 20.1. The summed E-state index contributed by atoms with van der Waals surface area (Å²) in [5, 5.41) is 42.2. The van der Waals surface area contributed by atoms with Gasteiger partial charge < -0.3 is 36.0 Å². The Bertz CT molecular complexity index is 1190. The molecule has 3 aromatic rings. The van der Waals surface area contributed by atoms with Crippen LogP contribution in [0.25, 0.3) is 10.9 Å². The molecule has 1 unspecified atom stereocenters. The standard InChI is InChI=1S/C26H34FN3O5/c1-26(2,15-31)24-11-17-10-20(19(27)12-21(17)30(24)14-18(32)13-28)29-25(35)6-4-3-5-16-7-8-22(33)23(34)9-16/h7-12,18,31-34H,3-6,13-15,28H2,1-2H3,(H,29,35). The van der Waals surface area contributed by atoms with Crippen LogP contribution < -0.4 is 11.1 Å². The smallest absolute Gasteiger partial charge is 0.224 e. The highest BCUT2D eigenvalue weighted by atomic mass is 19.1. The Labute approximate surface area is 203 Å². The zero-order valence-electron chi connectivity index (χ0n) is 20.1. The number of halogens is 1. The molecular weight excluding hydrogens is 453 g/mol. The number of aromatic nitrogens is 1. The fraction of sp³-hybridized carbons (Fsp3) is 0.423. The largest absolute Gasteiger partial charge is 0.504 e. The van der Waals surface area contributed by atoms with E-state index >= 15 is 0 Å². The first-order valence-electron chi connectivity index (χ1n) is 11.7. The van der Waals surface area contributed by atoms with Crippen LogP contribution in [0.15, 0.2) is 36.4 Å². The van der Waals surface area contributed by atoms with E-state index in [-0.39, 0.29) is 49.2 Å². The third kappa shape index (κ3) is 6.30. The summed E-state index contributed by atoms with van der Waals surface area (Å²) in [6.45, 7) is 3.76. The van der Waals surface area contributed by atoms with Gasteiger partial charge >= 0.3 is 0 Å². The number of anilines is 1. The number of nitrogens with two attached hydrogens (primary N) is 1. The van der Waals surface area contributed by atoms with Gasteiger partial charge in [-0.1, -0.05) is 19.9 Å². The molecule has 7 N–H and O–H groups in total. The molecule has 35 heavy (non-hydrogen) atoms. The Morgan fingerprint density at radius 2 is 1.89 bits per heavy atom. The van der Waals surface area contributed by atoms with Gasteiger partial charge in [-0.05, 0) is 49.1 Å². The first kappa shape index (κ1) is 26.5. The molecule has 0 aliphatic carbocycles. The maximum absolute atomic E-state index is 14.9. The lowest BCUT2D eigenvalue weighted by molar-refractivity contribution is -0.116. The minimum Gasteiger partial charge on any atom is -0.504 e. The van der Waals surface area contributed by atoms with Gasteiger partial charge in [0, 0.05) is 35.5 Å². The van der Waals surface area contributed by atoms with Gasteiger partial charge in [0.05, 0.1) is 30.5 Å². The van der Waals surface area contributed by atoms with Crippen LogP contribution in [-0.2, 0) is 23.2 Å². The number of carbonyl (C=O) groups is 1. The molecule has 0 bridgehead atoms. The number of unbranched alkanes of at least 4 members (excludes halogenated alkanes) is 1. The molecule has 8 nitrogen and oxygen atoms in total. The summed E-state index contributed by atoms with van der Waals surface area (Å²) in [5.74, 6) is -1.26. The van der Waals surface area contributed by atoms with Gasteiger partial charge in [-0.15, -0.1) is 0 Å². The van der Waals surface area contributed by atoms with Crippen LogP contribution in [0.2, 0.25) is 0 Å². The number of amides is 1. The number of phenols is 2. The molecule has 0 spiro atoms. The van der Waals surface area contributed by atoms with Crippen molar-refractivity contribution in [3.8, 4) is 11.5 Å². The molecule has 1 atom stereocenters. The fourth-order valence-electron chi connectivity index (χ4n) is 4.06. The molecule has 190 valence electrons. The van der Waals surface area contributed by atoms with Crippen molar-refractivity contribution < 1.29 is 29.6 Å². The molecule has 3 rings (SSSR count). The van der Waals surface area contributed by atoms with Gasteiger partial charge in [-0.25, -0.2) is 4.39 Å². The highest BCUT2D eigenvalue weighted by molar-refractivity contribution is 5.94. The van der Waals surface area contributed by atoms with Crippen LogP contribution in [0.3, 0.4) is 0 Å². The van der Waals surface area contributed by atoms with Gasteiger partial charge in [0.15, 0.2) is 11.5 Å². The van der Waals surface area contributed by atoms with Crippen molar-refractivity contribution in [2.24, 2.45) is 5.73 Å². The lowest BCUT2D eigenvalue weighted by Crippen LogP contribution is -2.31. The molecule has 1 aromatic heterocycles. The van der Waals surface area contributed by atoms with Crippen molar-refractivity contribution in [1.82, 2.24) is 4.57 Å². The molecule has 0 aliphatic rings. The number of aryl methyl sites for hydroxylation is 1. The molecule has 0 fully saturated rings. The summed E-state index contributed by atoms with van der Waals surface area (Å²) >= 11 is 0. The normalized spacial score (nSPS) is 12.7. The van der Waals surface area contributed by atoms with Crippen LogP contribution in [0.1, 0.15) is 44.4 Å². The van der Waals surface area contributed by atoms with E-state index in [1.807, 2.05) is 19.9 Å². The average Bonchev–Trinajstić information content (AvgIpc) is 3.16. The molecule has 0 aliphatic heterocycles. The maximum atomic E-state index is 14.9. The van der Waals surface area contributed by atoms with Gasteiger partial charge in [0.25, 0.3) is 0 Å². The van der Waals surface area contributed by atoms with Crippen molar-refractivity contribution in [1.29, 1.82) is 0 Å². The minimum atomic E-state index is -0.827. The second-order valence-electron chi connectivity index (χ2n) is 9.54. The summed E-state index contributed by atoms with van der Waals surface area (Å²) in [6.07, 6.45) is 1.26. The third-order valence-corrected chi connectivity index (χ3v) is 6.18. The monoisotopic (exact) mass is 487 g/mol. The van der Waals surface area contributed by atoms with Gasteiger partial charge in [-0.2, -0.15) is 0 Å². The number of aliphatic hydroxyl groups excluding tert-OH is 2. The SMILES string of the molecule is CC(C)(CO)c1cc2cc(NC(=O)CCCCc3ccc(O)c(O)c3)c(F)cc2n1CC(O)CN. The van der Waals surface area contributed by atoms with Gasteiger partial charge in [-0.3, -0.25) is 4.79 Å². The highest BCUT2D eigenvalue weighted by Crippen LogP contribution is 2.33. The average molecular weight is 488 g/mol. The number of nitrogens with one attached hydrogen (secondary N) is 1. The first-order valence-corrected chi connectivity index (χ1v) is 11.7. The summed E-state index contributed by atoms with van der Waals surface area (Å²) in [5.41, 5.74) is 7.12. The van der Waals surface area contributed by atoms with E-state index in [0.29, 0.717) is 30.2 Å². The number of rotatable bonds is 11. The van der Waals surface area contributed by atoms with Crippen molar-refractivity contribution in [2.75, 3.05) is 18.5 Å². The van der Waals surface area contributed by atoms with Gasteiger partial charge in [0.1, 0.15) is 5.82 Å². The van der Waals surface area contributed by atoms with E-state index in [1.54, 1.807) is 16.7 Å². The number of hydrogen-bond donors (Lipinski definition) is 6. The Morgan fingerprint density at radius 1 is 1.14 bits per heavy atom. The predicted molar refractivity (Wildman–Crippen MR) is 133 cm³/mol. The third-order valence-electron chi connectivity index (χ3n) is 6.18. The summed E-state index contributed by atoms with van der Waals surface area (Å²) in [6, 6.07) is 9.34. The highest BCUT2D eigenvalue weighted by Gasteiger charge is 2.26. The van der Waals surface area contributed by atoms with E-state index in [1.165, 1.54) is 18.2 Å². The van der Waals surface area contributed by atoms with E-state index in [9.17, 15) is 29.6 Å². The van der Waals surface area contributed by atoms with Crippen LogP contribution >= 0.6 is 0 Å². The first-order chi connectivity index (χ1) is 16.6. The Balaban J connectivity index is 1.71. The van der Waals surface area contributed by atoms with Crippen molar-refractivity contribution in [3.05, 3.63) is 53.5 Å². The van der Waals surface area contributed by atoms with Crippen LogP contribution in [0.5, 0.6) is 11.5 Å². The summed E-state index contributed by atoms with van der Waals surface area (Å²) in [7, 11) is 0. The second kappa shape index (κ2) is 11.1. The van der Waals surface area contributed by atoms with Crippen LogP contribution in [0, 0.1) is 5.82 Å². The number of aromatic hydroxyl groups is 2. The molecule has 1 amide bonds. The number of benzene rings is 2. The number of hydrogen-bond acceptors (Lipinski definition) is 6. The summed E-state index contributed by atoms with van der Waals surface area (Å²) in [4.78, 5) is 12.4. The Kier molecular flexibility index (Phi) is 8.37. The maximum Gasteiger partial charge on any atom is 0.224 e. The topological polar surface area (TPSA) is 141 Å². The van der Waals surface area contributed by atoms with E-state index in [4.69, 9.17) is 5.73 Å². The minimum absolute atomic E-state index is 0.0448. The number of fused-ring (bicyclic) bond motifs is 1. The Hall–Kier alpha value is -3.14. The zero-order chi connectivity index (χ0) is 25.8. The van der Waals surface area contributed by atoms with E-state index in [2.05, 4.69) is 5.32 Å². The molecular formula is C26H34FN3O5. The number of phenolic OH excluding ortho intramolecular Hbond substituents is 2. The molecule has 0 saturated carbocycles. The predicted octanol–water partition coefficient (Wildman–Crippen LogP) is 3.13.